The third kappa shape index (κ3) is 4.08. The number of anilines is 2. The maximum Gasteiger partial charge on any atom is 0.357 e. The van der Waals surface area contributed by atoms with Crippen molar-refractivity contribution in [3.8, 4) is 0 Å². The number of amides is 1. The van der Waals surface area contributed by atoms with Gasteiger partial charge in [0.25, 0.3) is 0 Å². The minimum Gasteiger partial charge on any atom is -0.464 e. The van der Waals surface area contributed by atoms with Crippen LogP contribution in [0.2, 0.25) is 0 Å². The summed E-state index contributed by atoms with van der Waals surface area (Å²) in [5.41, 5.74) is 1.27. The van der Waals surface area contributed by atoms with E-state index >= 15 is 0 Å². The highest BCUT2D eigenvalue weighted by atomic mass is 32.1. The van der Waals surface area contributed by atoms with Crippen molar-refractivity contribution < 1.29 is 14.3 Å². The smallest absolute Gasteiger partial charge is 0.357 e. The third-order valence-corrected chi connectivity index (χ3v) is 5.67. The van der Waals surface area contributed by atoms with E-state index in [1.165, 1.54) is 31.3 Å². The summed E-state index contributed by atoms with van der Waals surface area (Å²) in [4.78, 5) is 30.3. The predicted molar refractivity (Wildman–Crippen MR) is 101 cm³/mol. The van der Waals surface area contributed by atoms with E-state index in [2.05, 4.69) is 30.1 Å². The van der Waals surface area contributed by atoms with E-state index in [9.17, 15) is 9.59 Å². The minimum atomic E-state index is -0.510. The summed E-state index contributed by atoms with van der Waals surface area (Å²) in [5, 5.41) is 13.5. The van der Waals surface area contributed by atoms with Gasteiger partial charge in [0.2, 0.25) is 5.91 Å². The molecule has 142 valence electrons. The number of piperidine rings is 1. The molecule has 2 aromatic heterocycles. The molecule has 2 aromatic rings. The van der Waals surface area contributed by atoms with Gasteiger partial charge >= 0.3 is 5.97 Å². The number of nitrogens with zero attached hydrogens (tertiary/aromatic N) is 4. The number of methoxy groups -OCH3 is 1. The lowest BCUT2D eigenvalue weighted by molar-refractivity contribution is -0.120. The van der Waals surface area contributed by atoms with Gasteiger partial charge in [-0.05, 0) is 37.8 Å². The molecule has 1 atom stereocenters. The van der Waals surface area contributed by atoms with Gasteiger partial charge in [-0.3, -0.25) is 4.79 Å². The first-order chi connectivity index (χ1) is 13.1. The maximum atomic E-state index is 12.6. The quantitative estimate of drug-likeness (QED) is 0.787. The molecule has 8 nitrogen and oxygen atoms in total. The van der Waals surface area contributed by atoms with Crippen molar-refractivity contribution in [2.45, 2.75) is 31.6 Å². The Hall–Kier alpha value is -2.55. The Balaban J connectivity index is 1.37. The summed E-state index contributed by atoms with van der Waals surface area (Å²) in [6.45, 7) is 1.46. The number of hydrogen-bond acceptors (Lipinski definition) is 8. The Bertz CT molecular complexity index is 834. The monoisotopic (exact) mass is 387 g/mol. The van der Waals surface area contributed by atoms with Crippen molar-refractivity contribution in [3.63, 3.8) is 0 Å². The van der Waals surface area contributed by atoms with Gasteiger partial charge in [0, 0.05) is 24.4 Å². The van der Waals surface area contributed by atoms with Crippen LogP contribution in [0.25, 0.3) is 0 Å². The van der Waals surface area contributed by atoms with E-state index in [0.717, 1.165) is 30.9 Å². The number of carbonyl (C=O) groups is 2. The molecule has 9 heteroatoms. The number of esters is 1. The van der Waals surface area contributed by atoms with Crippen LogP contribution in [0.5, 0.6) is 0 Å². The van der Waals surface area contributed by atoms with Gasteiger partial charge < -0.3 is 15.0 Å². The highest BCUT2D eigenvalue weighted by Gasteiger charge is 2.29. The van der Waals surface area contributed by atoms with Crippen LogP contribution < -0.4 is 10.2 Å². The molecule has 1 aliphatic carbocycles. The zero-order valence-corrected chi connectivity index (χ0v) is 15.9. The normalized spacial score (nSPS) is 19.6. The van der Waals surface area contributed by atoms with Crippen LogP contribution in [-0.2, 0) is 9.53 Å². The van der Waals surface area contributed by atoms with Crippen LogP contribution >= 0.6 is 11.3 Å². The highest BCUT2D eigenvalue weighted by molar-refractivity contribution is 7.14. The van der Waals surface area contributed by atoms with E-state index in [1.54, 1.807) is 5.38 Å². The number of aromatic nitrogens is 3. The van der Waals surface area contributed by atoms with Crippen molar-refractivity contribution >= 4 is 34.2 Å². The number of hydrogen-bond donors (Lipinski definition) is 1. The lowest BCUT2D eigenvalue weighted by Gasteiger charge is -2.32. The molecule has 0 spiro atoms. The van der Waals surface area contributed by atoms with Gasteiger partial charge in [-0.25, -0.2) is 9.78 Å². The Labute approximate surface area is 161 Å². The second kappa shape index (κ2) is 7.59. The van der Waals surface area contributed by atoms with Crippen molar-refractivity contribution in [1.82, 2.24) is 15.2 Å². The third-order valence-electron chi connectivity index (χ3n) is 4.91. The van der Waals surface area contributed by atoms with Crippen LogP contribution in [0, 0.1) is 5.92 Å². The summed E-state index contributed by atoms with van der Waals surface area (Å²) in [5.74, 6) is 0.643. The summed E-state index contributed by atoms with van der Waals surface area (Å²) in [6.07, 6.45) is 4.13. The second-order valence-corrected chi connectivity index (χ2v) is 7.75. The first-order valence-electron chi connectivity index (χ1n) is 9.07. The van der Waals surface area contributed by atoms with E-state index in [4.69, 9.17) is 0 Å². The molecule has 0 radical (unpaired) electrons. The van der Waals surface area contributed by atoms with Crippen molar-refractivity contribution in [1.29, 1.82) is 0 Å². The van der Waals surface area contributed by atoms with E-state index in [0.29, 0.717) is 17.6 Å². The molecule has 1 saturated heterocycles. The van der Waals surface area contributed by atoms with Gasteiger partial charge in [0.15, 0.2) is 16.6 Å². The largest absolute Gasteiger partial charge is 0.464 e. The number of rotatable bonds is 5. The molecule has 3 heterocycles. The summed E-state index contributed by atoms with van der Waals surface area (Å²) in [7, 11) is 1.30. The van der Waals surface area contributed by atoms with E-state index in [-0.39, 0.29) is 17.5 Å². The first-order valence-corrected chi connectivity index (χ1v) is 9.95. The van der Waals surface area contributed by atoms with Crippen LogP contribution in [0.3, 0.4) is 0 Å². The molecular weight excluding hydrogens is 366 g/mol. The predicted octanol–water partition coefficient (Wildman–Crippen LogP) is 2.45. The van der Waals surface area contributed by atoms with Crippen LogP contribution in [-0.4, -0.2) is 47.3 Å². The number of thiazole rings is 1. The Kier molecular flexibility index (Phi) is 5.02. The fraction of sp³-hybridized carbons (Fsp3) is 0.500. The molecule has 0 aromatic carbocycles. The molecule has 1 saturated carbocycles. The zero-order chi connectivity index (χ0) is 18.8. The Morgan fingerprint density at radius 1 is 1.26 bits per heavy atom. The summed E-state index contributed by atoms with van der Waals surface area (Å²) >= 11 is 1.21. The summed E-state index contributed by atoms with van der Waals surface area (Å²) in [6, 6.07) is 4.05. The van der Waals surface area contributed by atoms with Gasteiger partial charge in [-0.2, -0.15) is 5.10 Å². The number of ether oxygens (including phenoxy) is 1. The molecular formula is C18H21N5O3S. The highest BCUT2D eigenvalue weighted by Crippen LogP contribution is 2.38. The first kappa shape index (κ1) is 17.8. The molecule has 0 bridgehead atoms. The average molecular weight is 387 g/mol. The lowest BCUT2D eigenvalue weighted by atomic mass is 9.97. The van der Waals surface area contributed by atoms with Crippen molar-refractivity contribution in [2.75, 3.05) is 30.4 Å². The van der Waals surface area contributed by atoms with Crippen LogP contribution in [0.15, 0.2) is 17.5 Å². The maximum absolute atomic E-state index is 12.6. The molecule has 1 amide bonds. The van der Waals surface area contributed by atoms with E-state index in [1.807, 2.05) is 12.1 Å². The Morgan fingerprint density at radius 3 is 2.81 bits per heavy atom. The number of carbonyl (C=O) groups excluding carboxylic acids is 2. The van der Waals surface area contributed by atoms with E-state index < -0.39 is 5.97 Å². The average Bonchev–Trinajstić information content (AvgIpc) is 3.46. The molecule has 1 unspecified atom stereocenters. The number of nitrogens with one attached hydrogen (secondary N) is 1. The summed E-state index contributed by atoms with van der Waals surface area (Å²) < 4.78 is 4.63. The lowest BCUT2D eigenvalue weighted by Crippen LogP contribution is -2.41. The molecule has 27 heavy (non-hydrogen) atoms. The SMILES string of the molecule is COC(=O)c1csc(NC(=O)C2CCCN(c3ccc(C4CC4)nn3)C2)n1. The Morgan fingerprint density at radius 2 is 2.11 bits per heavy atom. The topological polar surface area (TPSA) is 97.3 Å². The molecule has 4 rings (SSSR count). The van der Waals surface area contributed by atoms with Crippen LogP contribution in [0.4, 0.5) is 10.9 Å². The van der Waals surface area contributed by atoms with Gasteiger partial charge in [0.05, 0.1) is 18.7 Å². The molecule has 2 fully saturated rings. The fourth-order valence-corrected chi connectivity index (χ4v) is 3.92. The second-order valence-electron chi connectivity index (χ2n) is 6.89. The fourth-order valence-electron chi connectivity index (χ4n) is 3.24. The molecule has 2 aliphatic rings. The van der Waals surface area contributed by atoms with Gasteiger partial charge in [-0.1, -0.05) is 0 Å². The van der Waals surface area contributed by atoms with Gasteiger partial charge in [0.1, 0.15) is 0 Å². The molecule has 1 N–H and O–H groups in total. The zero-order valence-electron chi connectivity index (χ0n) is 15.1. The van der Waals surface area contributed by atoms with Crippen molar-refractivity contribution in [2.24, 2.45) is 5.92 Å². The molecule has 1 aliphatic heterocycles. The van der Waals surface area contributed by atoms with Crippen molar-refractivity contribution in [3.05, 3.63) is 28.9 Å². The van der Waals surface area contributed by atoms with Crippen LogP contribution in [0.1, 0.15) is 47.8 Å². The standard InChI is InChI=1S/C18H21N5O3S/c1-26-17(25)14-10-27-18(19-14)20-16(24)12-3-2-8-23(9-12)15-7-6-13(21-22-15)11-4-5-11/h6-7,10-12H,2-5,8-9H2,1H3,(H,19,20,24). The minimum absolute atomic E-state index is 0.0898. The van der Waals surface area contributed by atoms with Gasteiger partial charge in [-0.15, -0.1) is 16.4 Å².